The predicted molar refractivity (Wildman–Crippen MR) is 122 cm³/mol. The molecular formula is C24H25N5O2. The average molecular weight is 415 g/mol. The van der Waals surface area contributed by atoms with Crippen LogP contribution in [0, 0.1) is 6.92 Å². The second-order valence-corrected chi connectivity index (χ2v) is 7.66. The van der Waals surface area contributed by atoms with E-state index in [1.807, 2.05) is 19.1 Å². The molecule has 1 aromatic carbocycles. The van der Waals surface area contributed by atoms with Gasteiger partial charge in [0.25, 0.3) is 11.8 Å². The number of anilines is 3. The molecule has 1 aliphatic heterocycles. The van der Waals surface area contributed by atoms with Gasteiger partial charge in [-0.15, -0.1) is 0 Å². The zero-order valence-electron chi connectivity index (χ0n) is 17.5. The van der Waals surface area contributed by atoms with Crippen molar-refractivity contribution in [2.75, 3.05) is 28.6 Å². The molecule has 0 bridgehead atoms. The fourth-order valence-corrected chi connectivity index (χ4v) is 3.66. The molecule has 3 heterocycles. The third-order valence-electron chi connectivity index (χ3n) is 5.37. The number of amides is 2. The zero-order chi connectivity index (χ0) is 21.6. The number of nitrogens with one attached hydrogen (secondary N) is 2. The van der Waals surface area contributed by atoms with E-state index < -0.39 is 0 Å². The monoisotopic (exact) mass is 415 g/mol. The van der Waals surface area contributed by atoms with E-state index in [9.17, 15) is 9.59 Å². The molecule has 0 aliphatic carbocycles. The maximum Gasteiger partial charge on any atom is 0.257 e. The van der Waals surface area contributed by atoms with Crippen LogP contribution in [0.3, 0.4) is 0 Å². The van der Waals surface area contributed by atoms with Crippen molar-refractivity contribution in [2.24, 2.45) is 0 Å². The smallest absolute Gasteiger partial charge is 0.257 e. The van der Waals surface area contributed by atoms with Crippen LogP contribution < -0.4 is 15.5 Å². The van der Waals surface area contributed by atoms with Gasteiger partial charge in [-0.3, -0.25) is 19.6 Å². The minimum atomic E-state index is -0.256. The first kappa shape index (κ1) is 20.5. The van der Waals surface area contributed by atoms with Crippen molar-refractivity contribution < 1.29 is 9.59 Å². The van der Waals surface area contributed by atoms with Gasteiger partial charge in [0.15, 0.2) is 0 Å². The summed E-state index contributed by atoms with van der Waals surface area (Å²) in [5.41, 5.74) is 3.92. The minimum absolute atomic E-state index is 0.254. The lowest BCUT2D eigenvalue weighted by Gasteiger charge is -2.28. The second-order valence-electron chi connectivity index (χ2n) is 7.66. The number of hydrogen-bond donors (Lipinski definition) is 2. The van der Waals surface area contributed by atoms with Crippen molar-refractivity contribution in [1.29, 1.82) is 0 Å². The lowest BCUT2D eigenvalue weighted by Crippen LogP contribution is -2.29. The van der Waals surface area contributed by atoms with Gasteiger partial charge in [0.05, 0.1) is 29.3 Å². The molecule has 1 fully saturated rings. The van der Waals surface area contributed by atoms with E-state index in [1.165, 1.54) is 6.42 Å². The van der Waals surface area contributed by atoms with Crippen molar-refractivity contribution in [1.82, 2.24) is 9.97 Å². The number of hydrogen-bond acceptors (Lipinski definition) is 5. The Labute approximate surface area is 181 Å². The van der Waals surface area contributed by atoms with Gasteiger partial charge >= 0.3 is 0 Å². The highest BCUT2D eigenvalue weighted by atomic mass is 16.2. The first-order chi connectivity index (χ1) is 15.1. The number of piperidine rings is 1. The molecule has 158 valence electrons. The van der Waals surface area contributed by atoms with Gasteiger partial charge in [0.1, 0.15) is 0 Å². The van der Waals surface area contributed by atoms with Crippen LogP contribution >= 0.6 is 0 Å². The van der Waals surface area contributed by atoms with Crippen LogP contribution in [0.4, 0.5) is 17.1 Å². The number of aromatic nitrogens is 2. The summed E-state index contributed by atoms with van der Waals surface area (Å²) in [6, 6.07) is 10.7. The SMILES string of the molecule is Cc1ccc(NC(=O)c2cncc(N3CCCCC3)c2)cc1C(=O)Nc1cccnc1. The Balaban J connectivity index is 1.48. The summed E-state index contributed by atoms with van der Waals surface area (Å²) in [4.78, 5) is 36.0. The summed E-state index contributed by atoms with van der Waals surface area (Å²) < 4.78 is 0. The molecule has 2 N–H and O–H groups in total. The molecule has 0 unspecified atom stereocenters. The van der Waals surface area contributed by atoms with Crippen LogP contribution in [0.1, 0.15) is 45.5 Å². The first-order valence-electron chi connectivity index (χ1n) is 10.4. The summed E-state index contributed by atoms with van der Waals surface area (Å²) in [5.74, 6) is -0.510. The molecule has 1 saturated heterocycles. The standard InChI is InChI=1S/C24H25N5O2/c1-17-7-8-19(13-22(17)24(31)28-20-6-5-9-25-15-20)27-23(30)18-12-21(16-26-14-18)29-10-3-2-4-11-29/h5-9,12-16H,2-4,10-11H2,1H3,(H,27,30)(H,28,31). The molecule has 0 spiro atoms. The minimum Gasteiger partial charge on any atom is -0.370 e. The van der Waals surface area contributed by atoms with Gasteiger partial charge in [-0.25, -0.2) is 0 Å². The maximum absolute atomic E-state index is 12.8. The zero-order valence-corrected chi connectivity index (χ0v) is 17.5. The van der Waals surface area contributed by atoms with Gasteiger partial charge < -0.3 is 15.5 Å². The number of pyridine rings is 2. The number of aryl methyl sites for hydroxylation is 1. The van der Waals surface area contributed by atoms with Gasteiger partial charge in [0.2, 0.25) is 0 Å². The molecule has 1 aliphatic rings. The predicted octanol–water partition coefficient (Wildman–Crippen LogP) is 4.28. The lowest BCUT2D eigenvalue weighted by molar-refractivity contribution is 0.101. The number of rotatable bonds is 5. The molecule has 3 aromatic rings. The van der Waals surface area contributed by atoms with E-state index in [0.717, 1.165) is 37.2 Å². The molecular weight excluding hydrogens is 390 g/mol. The highest BCUT2D eigenvalue weighted by Crippen LogP contribution is 2.21. The van der Waals surface area contributed by atoms with Crippen LogP contribution in [-0.4, -0.2) is 34.9 Å². The van der Waals surface area contributed by atoms with E-state index in [2.05, 4.69) is 25.5 Å². The molecule has 0 saturated carbocycles. The number of benzene rings is 1. The van der Waals surface area contributed by atoms with Crippen molar-refractivity contribution in [2.45, 2.75) is 26.2 Å². The van der Waals surface area contributed by atoms with E-state index in [1.54, 1.807) is 49.1 Å². The number of nitrogens with zero attached hydrogens (tertiary/aromatic N) is 3. The van der Waals surface area contributed by atoms with Crippen LogP contribution in [0.5, 0.6) is 0 Å². The Morgan fingerprint density at radius 3 is 2.45 bits per heavy atom. The molecule has 31 heavy (non-hydrogen) atoms. The van der Waals surface area contributed by atoms with Crippen molar-refractivity contribution in [3.8, 4) is 0 Å². The van der Waals surface area contributed by atoms with Gasteiger partial charge in [-0.05, 0) is 62.1 Å². The number of carbonyl (C=O) groups excluding carboxylic acids is 2. The summed E-state index contributed by atoms with van der Waals surface area (Å²) in [6.45, 7) is 3.83. The summed E-state index contributed by atoms with van der Waals surface area (Å²) in [5, 5.41) is 5.71. The molecule has 4 rings (SSSR count). The fourth-order valence-electron chi connectivity index (χ4n) is 3.66. The third kappa shape index (κ3) is 5.06. The topological polar surface area (TPSA) is 87.2 Å². The van der Waals surface area contributed by atoms with Crippen molar-refractivity contribution in [3.05, 3.63) is 77.9 Å². The Morgan fingerprint density at radius 2 is 1.68 bits per heavy atom. The van der Waals surface area contributed by atoms with Crippen molar-refractivity contribution >= 4 is 28.9 Å². The summed E-state index contributed by atoms with van der Waals surface area (Å²) in [7, 11) is 0. The molecule has 0 radical (unpaired) electrons. The normalized spacial score (nSPS) is 13.5. The highest BCUT2D eigenvalue weighted by molar-refractivity contribution is 6.08. The molecule has 2 aromatic heterocycles. The van der Waals surface area contributed by atoms with Gasteiger partial charge in [0, 0.05) is 36.7 Å². The largest absolute Gasteiger partial charge is 0.370 e. The van der Waals surface area contributed by atoms with Crippen LogP contribution in [0.15, 0.2) is 61.2 Å². The Bertz CT molecular complexity index is 1080. The summed E-state index contributed by atoms with van der Waals surface area (Å²) in [6.07, 6.45) is 10.1. The highest BCUT2D eigenvalue weighted by Gasteiger charge is 2.15. The van der Waals surface area contributed by atoms with E-state index in [4.69, 9.17) is 0 Å². The molecule has 2 amide bonds. The Kier molecular flexibility index (Phi) is 6.21. The quantitative estimate of drug-likeness (QED) is 0.649. The third-order valence-corrected chi connectivity index (χ3v) is 5.37. The molecule has 0 atom stereocenters. The summed E-state index contributed by atoms with van der Waals surface area (Å²) >= 11 is 0. The average Bonchev–Trinajstić information content (AvgIpc) is 2.81. The second kappa shape index (κ2) is 9.38. The van der Waals surface area contributed by atoms with Gasteiger partial charge in [-0.2, -0.15) is 0 Å². The Morgan fingerprint density at radius 1 is 0.871 bits per heavy atom. The first-order valence-corrected chi connectivity index (χ1v) is 10.4. The van der Waals surface area contributed by atoms with Crippen LogP contribution in [0.2, 0.25) is 0 Å². The maximum atomic E-state index is 12.8. The van der Waals surface area contributed by atoms with Gasteiger partial charge in [-0.1, -0.05) is 6.07 Å². The fraction of sp³-hybridized carbons (Fsp3) is 0.250. The van der Waals surface area contributed by atoms with E-state index in [-0.39, 0.29) is 11.8 Å². The number of carbonyl (C=O) groups is 2. The Hall–Kier alpha value is -3.74. The van der Waals surface area contributed by atoms with E-state index in [0.29, 0.717) is 22.5 Å². The molecule has 7 heteroatoms. The molecule has 7 nitrogen and oxygen atoms in total. The van der Waals surface area contributed by atoms with E-state index >= 15 is 0 Å². The van der Waals surface area contributed by atoms with Crippen LogP contribution in [-0.2, 0) is 0 Å². The van der Waals surface area contributed by atoms with Crippen LogP contribution in [0.25, 0.3) is 0 Å². The lowest BCUT2D eigenvalue weighted by atomic mass is 10.1. The van der Waals surface area contributed by atoms with Crippen molar-refractivity contribution in [3.63, 3.8) is 0 Å².